The maximum atomic E-state index is 11.7. The van der Waals surface area contributed by atoms with Gasteiger partial charge in [-0.25, -0.2) is 4.79 Å². The average molecular weight is 437 g/mol. The number of ether oxygens (including phenoxy) is 1. The van der Waals surface area contributed by atoms with Gasteiger partial charge < -0.3 is 4.74 Å². The average Bonchev–Trinajstić information content (AvgIpc) is 2.74. The van der Waals surface area contributed by atoms with Gasteiger partial charge in [0.25, 0.3) is 0 Å². The van der Waals surface area contributed by atoms with Crippen molar-refractivity contribution >= 4 is 27.6 Å². The molecule has 0 atom stereocenters. The molecule has 29 heavy (non-hydrogen) atoms. The zero-order valence-corrected chi connectivity index (χ0v) is 20.7. The molecule has 0 heterocycles. The minimum absolute atomic E-state index is 0.324. The van der Waals surface area contributed by atoms with E-state index in [1.54, 1.807) is 12.2 Å². The minimum Gasteiger partial charge on any atom is -0.462 e. The van der Waals surface area contributed by atoms with Crippen molar-refractivity contribution in [3.63, 3.8) is 0 Å². The van der Waals surface area contributed by atoms with Crippen LogP contribution in [0.25, 0.3) is 0 Å². The van der Waals surface area contributed by atoms with Gasteiger partial charge in [-0.1, -0.05) is 112 Å². The highest BCUT2D eigenvalue weighted by atomic mass is 33.1. The van der Waals surface area contributed by atoms with Gasteiger partial charge in [0, 0.05) is 10.6 Å². The van der Waals surface area contributed by atoms with Crippen molar-refractivity contribution in [3.8, 4) is 0 Å². The second-order valence-corrected chi connectivity index (χ2v) is 8.53. The number of carbonyl (C=O) groups is 1. The van der Waals surface area contributed by atoms with Crippen LogP contribution in [0.2, 0.25) is 0 Å². The molecule has 0 bridgehead atoms. The van der Waals surface area contributed by atoms with Crippen LogP contribution in [0.1, 0.15) is 65.4 Å². The van der Waals surface area contributed by atoms with Gasteiger partial charge in [0.2, 0.25) is 0 Å². The molecule has 0 aromatic heterocycles. The Hall–Kier alpha value is -1.39. The lowest BCUT2D eigenvalue weighted by atomic mass is 10.2. The van der Waals surface area contributed by atoms with E-state index in [4.69, 9.17) is 4.74 Å². The van der Waals surface area contributed by atoms with Crippen LogP contribution in [0.3, 0.4) is 0 Å². The first-order valence-electron chi connectivity index (χ1n) is 10.6. The molecule has 0 unspecified atom stereocenters. The highest BCUT2D eigenvalue weighted by Gasteiger charge is 2.05. The molecule has 1 aromatic rings. The number of allylic oxidation sites excluding steroid dienone is 2. The molecule has 4 heteroatoms. The lowest BCUT2D eigenvalue weighted by Gasteiger charge is -2.05. The third-order valence-corrected chi connectivity index (χ3v) is 5.75. The molecule has 2 nitrogen and oxygen atoms in total. The second-order valence-electron chi connectivity index (χ2n) is 6.04. The quantitative estimate of drug-likeness (QED) is 0.108. The Labute approximate surface area is 187 Å². The Morgan fingerprint density at radius 2 is 1.62 bits per heavy atom. The molecule has 1 aromatic carbocycles. The van der Waals surface area contributed by atoms with E-state index in [1.165, 1.54) is 29.4 Å². The predicted molar refractivity (Wildman–Crippen MR) is 135 cm³/mol. The second kappa shape index (κ2) is 22.9. The molecule has 1 rings (SSSR count). The van der Waals surface area contributed by atoms with Gasteiger partial charge in [-0.15, -0.1) is 0 Å². The van der Waals surface area contributed by atoms with E-state index in [9.17, 15) is 4.79 Å². The first-order chi connectivity index (χ1) is 14.1. The van der Waals surface area contributed by atoms with Gasteiger partial charge >= 0.3 is 5.97 Å². The lowest BCUT2D eigenvalue weighted by Crippen LogP contribution is -2.07. The van der Waals surface area contributed by atoms with Crippen molar-refractivity contribution < 1.29 is 9.53 Å². The van der Waals surface area contributed by atoms with Crippen LogP contribution in [0.15, 0.2) is 66.1 Å². The minimum atomic E-state index is -0.324. The Bertz CT molecular complexity index is 563. The summed E-state index contributed by atoms with van der Waals surface area (Å²) in [4.78, 5) is 13.0. The van der Waals surface area contributed by atoms with Crippen LogP contribution in [0.5, 0.6) is 0 Å². The number of benzene rings is 1. The Balaban J connectivity index is 0. The molecule has 0 radical (unpaired) electrons. The number of carbonyl (C=O) groups excluding carboxylic acids is 1. The molecule has 0 fully saturated rings. The van der Waals surface area contributed by atoms with E-state index in [0.717, 1.165) is 25.0 Å². The van der Waals surface area contributed by atoms with Crippen molar-refractivity contribution in [2.45, 2.75) is 71.6 Å². The first-order valence-corrected chi connectivity index (χ1v) is 12.9. The largest absolute Gasteiger partial charge is 0.462 e. The molecule has 0 amide bonds. The SMILES string of the molecule is C=C/C=C(\C=C)C(=O)OCCCCCCSSc1ccc(C)cc1.CC.CCC. The zero-order valence-electron chi connectivity index (χ0n) is 19.0. The zero-order chi connectivity index (χ0) is 22.3. The third-order valence-electron chi connectivity index (χ3n) is 3.28. The van der Waals surface area contributed by atoms with E-state index >= 15 is 0 Å². The summed E-state index contributed by atoms with van der Waals surface area (Å²) in [6.07, 6.45) is 10.2. The van der Waals surface area contributed by atoms with Gasteiger partial charge in [-0.3, -0.25) is 0 Å². The van der Waals surface area contributed by atoms with Crippen molar-refractivity contribution in [2.75, 3.05) is 12.4 Å². The molecule has 0 aliphatic carbocycles. The summed E-state index contributed by atoms with van der Waals surface area (Å²) in [5.41, 5.74) is 1.75. The number of hydrogen-bond donors (Lipinski definition) is 0. The van der Waals surface area contributed by atoms with Gasteiger partial charge in [-0.2, -0.15) is 0 Å². The number of rotatable bonds is 12. The molecule has 0 aliphatic rings. The summed E-state index contributed by atoms with van der Waals surface area (Å²) in [6.45, 7) is 18.0. The number of unbranched alkanes of at least 4 members (excludes halogenated alkanes) is 3. The molecule has 164 valence electrons. The Morgan fingerprint density at radius 1 is 1.03 bits per heavy atom. The standard InChI is InChI=1S/C20H26O2S2.C3H8.C2H6/c1-4-10-18(5-2)20(21)22-15-8-6-7-9-16-23-24-19-13-11-17(3)12-14-19;1-3-2;1-2/h4-5,10-14H,1-2,6-9,15-16H2,3H3;3H2,1-2H3;1-2H3/b18-10+;;. The monoisotopic (exact) mass is 436 g/mol. The number of esters is 1. The fourth-order valence-corrected chi connectivity index (χ4v) is 4.05. The van der Waals surface area contributed by atoms with Crippen LogP contribution in [0, 0.1) is 6.92 Å². The maximum Gasteiger partial charge on any atom is 0.338 e. The summed E-state index contributed by atoms with van der Waals surface area (Å²) < 4.78 is 5.21. The van der Waals surface area contributed by atoms with Crippen molar-refractivity contribution in [1.82, 2.24) is 0 Å². The van der Waals surface area contributed by atoms with Crippen LogP contribution < -0.4 is 0 Å². The molecule has 0 spiro atoms. The van der Waals surface area contributed by atoms with E-state index in [1.807, 2.05) is 35.4 Å². The highest BCUT2D eigenvalue weighted by Crippen LogP contribution is 2.31. The van der Waals surface area contributed by atoms with Crippen molar-refractivity contribution in [3.05, 3.63) is 66.8 Å². The Kier molecular flexibility index (Phi) is 23.5. The molecule has 0 saturated carbocycles. The molecule has 0 N–H and O–H groups in total. The fraction of sp³-hybridized carbons (Fsp3) is 0.480. The van der Waals surface area contributed by atoms with Crippen LogP contribution >= 0.6 is 21.6 Å². The lowest BCUT2D eigenvalue weighted by molar-refractivity contribution is -0.138. The summed E-state index contributed by atoms with van der Waals surface area (Å²) >= 11 is 0. The number of aryl methyl sites for hydroxylation is 1. The molecular weight excluding hydrogens is 396 g/mol. The van der Waals surface area contributed by atoms with Crippen LogP contribution in [0.4, 0.5) is 0 Å². The van der Waals surface area contributed by atoms with Crippen LogP contribution in [-0.4, -0.2) is 18.3 Å². The molecule has 0 aliphatic heterocycles. The summed E-state index contributed by atoms with van der Waals surface area (Å²) in [5, 5.41) is 0. The summed E-state index contributed by atoms with van der Waals surface area (Å²) in [7, 11) is 3.73. The van der Waals surface area contributed by atoms with Crippen LogP contribution in [-0.2, 0) is 9.53 Å². The topological polar surface area (TPSA) is 26.3 Å². The van der Waals surface area contributed by atoms with Crippen molar-refractivity contribution in [1.29, 1.82) is 0 Å². The van der Waals surface area contributed by atoms with E-state index < -0.39 is 0 Å². The van der Waals surface area contributed by atoms with E-state index in [0.29, 0.717) is 12.2 Å². The van der Waals surface area contributed by atoms with Gasteiger partial charge in [-0.05, 0) is 38.0 Å². The van der Waals surface area contributed by atoms with E-state index in [-0.39, 0.29) is 5.97 Å². The number of hydrogen-bond acceptors (Lipinski definition) is 4. The smallest absolute Gasteiger partial charge is 0.338 e. The Morgan fingerprint density at radius 3 is 2.17 bits per heavy atom. The summed E-state index contributed by atoms with van der Waals surface area (Å²) in [6, 6.07) is 8.62. The third kappa shape index (κ3) is 18.4. The van der Waals surface area contributed by atoms with Gasteiger partial charge in [0.15, 0.2) is 0 Å². The van der Waals surface area contributed by atoms with Crippen molar-refractivity contribution in [2.24, 2.45) is 0 Å². The maximum absolute atomic E-state index is 11.7. The highest BCUT2D eigenvalue weighted by molar-refractivity contribution is 8.76. The van der Waals surface area contributed by atoms with E-state index in [2.05, 4.69) is 58.2 Å². The predicted octanol–water partition coefficient (Wildman–Crippen LogP) is 8.58. The van der Waals surface area contributed by atoms with Gasteiger partial charge in [0.05, 0.1) is 12.2 Å². The fourth-order valence-electron chi connectivity index (χ4n) is 1.91. The molecular formula is C25H40O2S2. The molecule has 0 saturated heterocycles. The summed E-state index contributed by atoms with van der Waals surface area (Å²) in [5.74, 6) is 0.816. The normalized spacial score (nSPS) is 10.0. The first kappa shape index (κ1) is 29.8. The van der Waals surface area contributed by atoms with Gasteiger partial charge in [0.1, 0.15) is 0 Å².